The van der Waals surface area contributed by atoms with Crippen LogP contribution in [0.4, 0.5) is 0 Å². The molecule has 0 spiro atoms. The molecule has 0 saturated heterocycles. The topological polar surface area (TPSA) is 114 Å². The Hall–Kier alpha value is -2.20. The van der Waals surface area contributed by atoms with Gasteiger partial charge in [-0.1, -0.05) is 6.07 Å². The number of hydrogen-bond acceptors (Lipinski definition) is 6. The Kier molecular flexibility index (Phi) is 5.96. The lowest BCUT2D eigenvalue weighted by Crippen LogP contribution is -2.36. The van der Waals surface area contributed by atoms with E-state index < -0.39 is 28.2 Å². The van der Waals surface area contributed by atoms with Gasteiger partial charge in [0.1, 0.15) is 0 Å². The summed E-state index contributed by atoms with van der Waals surface area (Å²) < 4.78 is 33.7. The normalized spacial score (nSPS) is 17.3. The fourth-order valence-electron chi connectivity index (χ4n) is 2.21. The maximum Gasteiger partial charge on any atom is 0.342 e. The number of amides is 1. The molecule has 136 valence electrons. The van der Waals surface area contributed by atoms with Crippen molar-refractivity contribution in [1.82, 2.24) is 10.0 Å². The van der Waals surface area contributed by atoms with Crippen molar-refractivity contribution in [2.45, 2.75) is 39.8 Å². The van der Waals surface area contributed by atoms with Crippen LogP contribution in [0.2, 0.25) is 0 Å². The molecule has 1 aliphatic heterocycles. The molecule has 0 aromatic carbocycles. The van der Waals surface area contributed by atoms with Crippen LogP contribution in [-0.2, 0) is 31.1 Å². The molecule has 2 rings (SSSR count). The van der Waals surface area contributed by atoms with Crippen LogP contribution < -0.4 is 10.0 Å². The third kappa shape index (κ3) is 5.40. The van der Waals surface area contributed by atoms with Crippen molar-refractivity contribution < 1.29 is 22.7 Å². The predicted molar refractivity (Wildman–Crippen MR) is 94.2 cm³/mol. The molecule has 8 nitrogen and oxygen atoms in total. The summed E-state index contributed by atoms with van der Waals surface area (Å²) in [4.78, 5) is 25.0. The van der Waals surface area contributed by atoms with E-state index in [1.807, 2.05) is 17.5 Å². The van der Waals surface area contributed by atoms with Crippen molar-refractivity contribution in [3.63, 3.8) is 0 Å². The number of ether oxygens (including phenoxy) is 1. The van der Waals surface area contributed by atoms with Gasteiger partial charge >= 0.3 is 16.2 Å². The molecule has 1 aromatic heterocycles. The van der Waals surface area contributed by atoms with E-state index >= 15 is 0 Å². The summed E-state index contributed by atoms with van der Waals surface area (Å²) in [5, 5.41) is 4.60. The fourth-order valence-corrected chi connectivity index (χ4v) is 3.88. The standard InChI is InChI=1S/C15H19N3O5S2/c1-9-13(10(2)18-25(21,22)17-9)7-14(19)23-11(3)15(20)16-8-12-5-4-6-24-12/h4-6,11,17H,7-8H2,1-3H3,(H,16,20)/t11-/m1/s1. The smallest absolute Gasteiger partial charge is 0.342 e. The molecular weight excluding hydrogens is 366 g/mol. The van der Waals surface area contributed by atoms with Crippen molar-refractivity contribution in [2.24, 2.45) is 4.40 Å². The first-order chi connectivity index (χ1) is 11.7. The minimum atomic E-state index is -3.75. The van der Waals surface area contributed by atoms with Crippen LogP contribution in [0.1, 0.15) is 32.1 Å². The minimum Gasteiger partial charge on any atom is -0.452 e. The average Bonchev–Trinajstić information content (AvgIpc) is 3.01. The Morgan fingerprint density at radius 1 is 1.40 bits per heavy atom. The van der Waals surface area contributed by atoms with E-state index in [2.05, 4.69) is 14.4 Å². The minimum absolute atomic E-state index is 0.174. The first-order valence-electron chi connectivity index (χ1n) is 7.47. The van der Waals surface area contributed by atoms with Crippen LogP contribution in [0.5, 0.6) is 0 Å². The molecule has 0 saturated carbocycles. The number of esters is 1. The quantitative estimate of drug-likeness (QED) is 0.716. The molecular formula is C15H19N3O5S2. The predicted octanol–water partition coefficient (Wildman–Crippen LogP) is 1.27. The zero-order valence-corrected chi connectivity index (χ0v) is 15.7. The third-order valence-corrected chi connectivity index (χ3v) is 5.40. The Balaban J connectivity index is 1.89. The summed E-state index contributed by atoms with van der Waals surface area (Å²) in [6, 6.07) is 3.77. The number of hydrogen-bond donors (Lipinski definition) is 2. The molecule has 0 bridgehead atoms. The largest absolute Gasteiger partial charge is 0.452 e. The van der Waals surface area contributed by atoms with Crippen LogP contribution in [-0.4, -0.2) is 32.1 Å². The molecule has 1 aromatic rings. The summed E-state index contributed by atoms with van der Waals surface area (Å²) in [7, 11) is -3.75. The molecule has 0 unspecified atom stereocenters. The molecule has 0 aliphatic carbocycles. The van der Waals surface area contributed by atoms with Crippen LogP contribution in [0.3, 0.4) is 0 Å². The van der Waals surface area contributed by atoms with Gasteiger partial charge < -0.3 is 10.1 Å². The van der Waals surface area contributed by atoms with E-state index in [0.717, 1.165) is 4.88 Å². The summed E-state index contributed by atoms with van der Waals surface area (Å²) in [5.74, 6) is -1.04. The zero-order valence-electron chi connectivity index (χ0n) is 14.0. The van der Waals surface area contributed by atoms with Crippen LogP contribution in [0.15, 0.2) is 33.2 Å². The highest BCUT2D eigenvalue weighted by Gasteiger charge is 2.24. The lowest BCUT2D eigenvalue weighted by Gasteiger charge is -2.18. The van der Waals surface area contributed by atoms with E-state index in [9.17, 15) is 18.0 Å². The Morgan fingerprint density at radius 3 is 2.72 bits per heavy atom. The highest BCUT2D eigenvalue weighted by Crippen LogP contribution is 2.17. The number of carbonyl (C=O) groups is 2. The van der Waals surface area contributed by atoms with Gasteiger partial charge in [0.25, 0.3) is 5.91 Å². The van der Waals surface area contributed by atoms with E-state index in [-0.39, 0.29) is 12.1 Å². The molecule has 2 heterocycles. The van der Waals surface area contributed by atoms with Gasteiger partial charge in [-0.15, -0.1) is 15.7 Å². The first kappa shape index (κ1) is 19.1. The van der Waals surface area contributed by atoms with Gasteiger partial charge in [-0.25, -0.2) is 0 Å². The summed E-state index contributed by atoms with van der Waals surface area (Å²) >= 11 is 1.52. The average molecular weight is 385 g/mol. The van der Waals surface area contributed by atoms with Gasteiger partial charge in [0.2, 0.25) is 0 Å². The molecule has 2 N–H and O–H groups in total. The summed E-state index contributed by atoms with van der Waals surface area (Å²) in [5.41, 5.74) is 0.980. The Bertz CT molecular complexity index is 825. The molecule has 25 heavy (non-hydrogen) atoms. The summed E-state index contributed by atoms with van der Waals surface area (Å²) in [6.45, 7) is 4.89. The third-order valence-electron chi connectivity index (χ3n) is 3.44. The second-order valence-electron chi connectivity index (χ2n) is 5.46. The van der Waals surface area contributed by atoms with Crippen LogP contribution in [0.25, 0.3) is 0 Å². The molecule has 10 heteroatoms. The van der Waals surface area contributed by atoms with Crippen molar-refractivity contribution in [1.29, 1.82) is 0 Å². The van der Waals surface area contributed by atoms with Gasteiger partial charge in [-0.05, 0) is 32.2 Å². The maximum atomic E-state index is 12.0. The fraction of sp³-hybridized carbons (Fsp3) is 0.400. The van der Waals surface area contributed by atoms with Gasteiger partial charge in [-0.3, -0.25) is 14.3 Å². The van der Waals surface area contributed by atoms with Gasteiger partial charge in [-0.2, -0.15) is 8.42 Å². The number of nitrogens with zero attached hydrogens (tertiary/aromatic N) is 1. The second-order valence-corrected chi connectivity index (χ2v) is 7.83. The monoisotopic (exact) mass is 385 g/mol. The van der Waals surface area contributed by atoms with Crippen molar-refractivity contribution >= 4 is 39.1 Å². The number of thiophene rings is 1. The van der Waals surface area contributed by atoms with Crippen molar-refractivity contribution in [2.75, 3.05) is 0 Å². The number of nitrogens with one attached hydrogen (secondary N) is 2. The lowest BCUT2D eigenvalue weighted by molar-refractivity contribution is -0.154. The molecule has 1 aliphatic rings. The van der Waals surface area contributed by atoms with Gasteiger partial charge in [0, 0.05) is 16.1 Å². The second kappa shape index (κ2) is 7.79. The summed E-state index contributed by atoms with van der Waals surface area (Å²) in [6.07, 6.45) is -1.13. The SMILES string of the molecule is CC1=NS(=O)(=O)NC(C)=C1CC(=O)O[C@H](C)C(=O)NCc1cccs1. The number of carbonyl (C=O) groups excluding carboxylic acids is 2. The lowest BCUT2D eigenvalue weighted by atomic mass is 10.1. The van der Waals surface area contributed by atoms with Gasteiger partial charge in [0.05, 0.1) is 18.7 Å². The van der Waals surface area contributed by atoms with Crippen molar-refractivity contribution in [3.8, 4) is 0 Å². The zero-order chi connectivity index (χ0) is 18.6. The molecule has 1 atom stereocenters. The van der Waals surface area contributed by atoms with E-state index in [0.29, 0.717) is 17.8 Å². The Labute approximate surface area is 150 Å². The van der Waals surface area contributed by atoms with Crippen molar-refractivity contribution in [3.05, 3.63) is 33.7 Å². The van der Waals surface area contributed by atoms with E-state index in [4.69, 9.17) is 4.74 Å². The maximum absolute atomic E-state index is 12.0. The molecule has 0 fully saturated rings. The van der Waals surface area contributed by atoms with E-state index in [1.54, 1.807) is 0 Å². The first-order valence-corrected chi connectivity index (χ1v) is 9.79. The highest BCUT2D eigenvalue weighted by atomic mass is 32.2. The number of rotatable bonds is 6. The van der Waals surface area contributed by atoms with Crippen LogP contribution in [0, 0.1) is 0 Å². The van der Waals surface area contributed by atoms with Crippen LogP contribution >= 0.6 is 11.3 Å². The van der Waals surface area contributed by atoms with E-state index in [1.165, 1.54) is 32.1 Å². The van der Waals surface area contributed by atoms with Gasteiger partial charge in [0.15, 0.2) is 6.10 Å². The highest BCUT2D eigenvalue weighted by molar-refractivity contribution is 7.88. The molecule has 1 amide bonds. The Morgan fingerprint density at radius 2 is 2.12 bits per heavy atom. The molecule has 0 radical (unpaired) electrons. The number of allylic oxidation sites excluding steroid dienone is 1.